The van der Waals surface area contributed by atoms with Gasteiger partial charge in [0.15, 0.2) is 0 Å². The van der Waals surface area contributed by atoms with Crippen LogP contribution in [-0.2, 0) is 22.7 Å². The molecule has 2 N–H and O–H groups in total. The number of nitrogens with zero attached hydrogens (tertiary/aromatic N) is 4. The Morgan fingerprint density at radius 2 is 1.18 bits per heavy atom. The van der Waals surface area contributed by atoms with Crippen LogP contribution in [0.4, 0.5) is 5.69 Å². The number of thioether (sulfide) groups is 2. The zero-order valence-corrected chi connectivity index (χ0v) is 34.0. The molecule has 1 aliphatic heterocycles. The molecular formula is C43H54N4O6S2. The fourth-order valence-corrected chi connectivity index (χ4v) is 7.67. The summed E-state index contributed by atoms with van der Waals surface area (Å²) in [7, 11) is 7.49. The summed E-state index contributed by atoms with van der Waals surface area (Å²) in [5.74, 6) is 2.12. The van der Waals surface area contributed by atoms with Crippen LogP contribution in [0.15, 0.2) is 107 Å². The molecule has 0 radical (unpaired) electrons. The van der Waals surface area contributed by atoms with Gasteiger partial charge < -0.3 is 34.5 Å². The van der Waals surface area contributed by atoms with Crippen molar-refractivity contribution in [3.63, 3.8) is 0 Å². The lowest BCUT2D eigenvalue weighted by Crippen LogP contribution is -2.45. The standard InChI is InChI=1S/C23H31N3O2S.C20H23NO4S/c1-24-13-15-26(16-14-24)22-7-4-3-6-19(22)18-25(2)23(28)8-5-17-29-21-11-9-20(27)10-12-21;1-21(14-16-6-3-4-7-18(16)25-2)19(22)8-5-13-26-17-11-9-15(10-12-17)20(23)24/h3-4,6-7,9-12,27H,5,8,13-18H2,1-2H3;3-4,6-7,9-12H,5,8,13-14H2,1-2H3,(H,23,24). The Hall–Kier alpha value is -4.65. The maximum Gasteiger partial charge on any atom is 0.335 e. The van der Waals surface area contributed by atoms with Gasteiger partial charge in [-0.05, 0) is 97.6 Å². The van der Waals surface area contributed by atoms with E-state index >= 15 is 0 Å². The molecule has 294 valence electrons. The molecule has 0 unspecified atom stereocenters. The zero-order chi connectivity index (χ0) is 39.6. The van der Waals surface area contributed by atoms with Gasteiger partial charge in [0.1, 0.15) is 11.5 Å². The number of likely N-dealkylation sites (N-methyl/N-ethyl adjacent to an activating group) is 1. The molecule has 1 aliphatic rings. The zero-order valence-electron chi connectivity index (χ0n) is 32.4. The third-order valence-corrected chi connectivity index (χ3v) is 11.4. The lowest BCUT2D eigenvalue weighted by molar-refractivity contribution is -0.131. The highest BCUT2D eigenvalue weighted by molar-refractivity contribution is 7.99. The fraction of sp³-hybridized carbons (Fsp3) is 0.372. The van der Waals surface area contributed by atoms with Crippen LogP contribution >= 0.6 is 23.5 Å². The number of rotatable bonds is 17. The average Bonchev–Trinajstić information content (AvgIpc) is 3.19. The molecule has 0 saturated carbocycles. The summed E-state index contributed by atoms with van der Waals surface area (Å²) in [5, 5.41) is 18.2. The van der Waals surface area contributed by atoms with Crippen LogP contribution in [0.25, 0.3) is 0 Å². The van der Waals surface area contributed by atoms with Gasteiger partial charge in [-0.15, -0.1) is 23.5 Å². The Morgan fingerprint density at radius 1 is 0.691 bits per heavy atom. The monoisotopic (exact) mass is 786 g/mol. The van der Waals surface area contributed by atoms with E-state index in [1.807, 2.05) is 48.3 Å². The van der Waals surface area contributed by atoms with Gasteiger partial charge in [0.25, 0.3) is 0 Å². The molecule has 0 aromatic heterocycles. The van der Waals surface area contributed by atoms with Crippen LogP contribution < -0.4 is 9.64 Å². The van der Waals surface area contributed by atoms with Crippen molar-refractivity contribution in [1.82, 2.24) is 14.7 Å². The molecule has 5 rings (SSSR count). The number of amides is 2. The van der Waals surface area contributed by atoms with Crippen molar-refractivity contribution in [1.29, 1.82) is 0 Å². The summed E-state index contributed by atoms with van der Waals surface area (Å²) < 4.78 is 5.32. The number of phenolic OH excluding ortho intramolecular Hbond substituents is 1. The van der Waals surface area contributed by atoms with Gasteiger partial charge in [0, 0.05) is 87.2 Å². The number of hydrogen-bond acceptors (Lipinski definition) is 9. The second-order valence-corrected chi connectivity index (χ2v) is 15.8. The van der Waals surface area contributed by atoms with Crippen LogP contribution in [-0.4, -0.2) is 109 Å². The van der Waals surface area contributed by atoms with E-state index in [1.54, 1.807) is 79.0 Å². The van der Waals surface area contributed by atoms with Crippen molar-refractivity contribution in [3.05, 3.63) is 114 Å². The Bertz CT molecular complexity index is 1800. The van der Waals surface area contributed by atoms with Crippen molar-refractivity contribution in [2.45, 2.75) is 48.6 Å². The minimum Gasteiger partial charge on any atom is -0.508 e. The number of aromatic hydroxyl groups is 1. The molecule has 2 amide bonds. The summed E-state index contributed by atoms with van der Waals surface area (Å²) in [6, 6.07) is 30.1. The van der Waals surface area contributed by atoms with E-state index in [1.165, 1.54) is 11.3 Å². The summed E-state index contributed by atoms with van der Waals surface area (Å²) in [4.78, 5) is 46.2. The van der Waals surface area contributed by atoms with Crippen molar-refractivity contribution in [2.75, 3.05) is 70.8 Å². The van der Waals surface area contributed by atoms with Crippen LogP contribution in [0.5, 0.6) is 11.5 Å². The molecular weight excluding hydrogens is 733 g/mol. The van der Waals surface area contributed by atoms with Gasteiger partial charge in [-0.25, -0.2) is 4.79 Å². The summed E-state index contributed by atoms with van der Waals surface area (Å²) in [5.41, 5.74) is 3.73. The highest BCUT2D eigenvalue weighted by Crippen LogP contribution is 2.25. The molecule has 55 heavy (non-hydrogen) atoms. The molecule has 1 fully saturated rings. The van der Waals surface area contributed by atoms with Gasteiger partial charge in [-0.1, -0.05) is 36.4 Å². The van der Waals surface area contributed by atoms with E-state index in [0.717, 1.165) is 71.6 Å². The van der Waals surface area contributed by atoms with Crippen LogP contribution in [0, 0.1) is 0 Å². The second-order valence-electron chi connectivity index (χ2n) is 13.5. The average molecular weight is 787 g/mol. The number of benzene rings is 4. The van der Waals surface area contributed by atoms with E-state index < -0.39 is 5.97 Å². The molecule has 1 heterocycles. The first-order valence-electron chi connectivity index (χ1n) is 18.5. The highest BCUT2D eigenvalue weighted by Gasteiger charge is 2.19. The number of phenols is 1. The number of aromatic carboxylic acids is 1. The van der Waals surface area contributed by atoms with E-state index in [9.17, 15) is 19.5 Å². The Morgan fingerprint density at radius 3 is 1.73 bits per heavy atom. The molecule has 12 heteroatoms. The first kappa shape index (κ1) is 43.1. The minimum atomic E-state index is -0.926. The van der Waals surface area contributed by atoms with Crippen LogP contribution in [0.1, 0.15) is 47.2 Å². The lowest BCUT2D eigenvalue weighted by Gasteiger charge is -2.35. The summed E-state index contributed by atoms with van der Waals surface area (Å²) in [6.07, 6.45) is 2.64. The first-order valence-corrected chi connectivity index (χ1v) is 20.5. The smallest absolute Gasteiger partial charge is 0.335 e. The Balaban J connectivity index is 0.000000246. The number of hydrogen-bond donors (Lipinski definition) is 2. The van der Waals surface area contributed by atoms with Crippen molar-refractivity contribution < 1.29 is 29.3 Å². The molecule has 10 nitrogen and oxygen atoms in total. The third kappa shape index (κ3) is 14.5. The van der Waals surface area contributed by atoms with E-state index in [4.69, 9.17) is 9.84 Å². The summed E-state index contributed by atoms with van der Waals surface area (Å²) >= 11 is 3.34. The first-order chi connectivity index (χ1) is 26.5. The van der Waals surface area contributed by atoms with Crippen molar-refractivity contribution in [3.8, 4) is 11.5 Å². The van der Waals surface area contributed by atoms with E-state index in [-0.39, 0.29) is 23.1 Å². The Kier molecular flexibility index (Phi) is 17.8. The van der Waals surface area contributed by atoms with Gasteiger partial charge in [0.05, 0.1) is 12.7 Å². The molecule has 0 atom stereocenters. The van der Waals surface area contributed by atoms with Crippen molar-refractivity contribution in [2.24, 2.45) is 0 Å². The predicted molar refractivity (Wildman–Crippen MR) is 224 cm³/mol. The normalized spacial score (nSPS) is 12.7. The van der Waals surface area contributed by atoms with Gasteiger partial charge >= 0.3 is 5.97 Å². The van der Waals surface area contributed by atoms with Crippen LogP contribution in [0.2, 0.25) is 0 Å². The number of anilines is 1. The molecule has 4 aromatic rings. The minimum absolute atomic E-state index is 0.0951. The number of carboxylic acid groups (broad SMARTS) is 1. The lowest BCUT2D eigenvalue weighted by atomic mass is 10.1. The molecule has 4 aromatic carbocycles. The maximum absolute atomic E-state index is 12.6. The van der Waals surface area contributed by atoms with E-state index in [2.05, 4.69) is 41.1 Å². The molecule has 1 saturated heterocycles. The molecule has 0 bridgehead atoms. The van der Waals surface area contributed by atoms with E-state index in [0.29, 0.717) is 25.9 Å². The molecule has 0 aliphatic carbocycles. The number of carboxylic acids is 1. The van der Waals surface area contributed by atoms with Gasteiger partial charge in [-0.2, -0.15) is 0 Å². The number of carbonyl (C=O) groups excluding carboxylic acids is 2. The van der Waals surface area contributed by atoms with Crippen LogP contribution in [0.3, 0.4) is 0 Å². The number of methoxy groups -OCH3 is 1. The topological polar surface area (TPSA) is 114 Å². The SMILES string of the molecule is CN1CCN(c2ccccc2CN(C)C(=O)CCCSc2ccc(O)cc2)CC1.COc1ccccc1CN(C)C(=O)CCCSc1ccc(C(=O)O)cc1. The van der Waals surface area contributed by atoms with Gasteiger partial charge in [-0.3, -0.25) is 9.59 Å². The molecule has 0 spiro atoms. The largest absolute Gasteiger partial charge is 0.508 e. The third-order valence-electron chi connectivity index (χ3n) is 9.24. The quantitative estimate of drug-likeness (QED) is 0.0820. The predicted octanol–water partition coefficient (Wildman–Crippen LogP) is 7.60. The Labute approximate surface area is 334 Å². The fourth-order valence-electron chi connectivity index (χ4n) is 5.97. The number of piperazine rings is 1. The highest BCUT2D eigenvalue weighted by atomic mass is 32.2. The summed E-state index contributed by atoms with van der Waals surface area (Å²) in [6.45, 7) is 5.36. The maximum atomic E-state index is 12.6. The number of ether oxygens (including phenoxy) is 1. The van der Waals surface area contributed by atoms with Crippen molar-refractivity contribution >= 4 is 47.0 Å². The second kappa shape index (κ2) is 22.7. The number of para-hydroxylation sites is 2. The van der Waals surface area contributed by atoms with Gasteiger partial charge in [0.2, 0.25) is 11.8 Å². The number of carbonyl (C=O) groups is 3.